The zero-order chi connectivity index (χ0) is 31.0. The van der Waals surface area contributed by atoms with E-state index in [-0.39, 0.29) is 44.9 Å². The van der Waals surface area contributed by atoms with Crippen molar-refractivity contribution in [3.8, 4) is 46.1 Å². The summed E-state index contributed by atoms with van der Waals surface area (Å²) in [6.07, 6.45) is 8.53. The van der Waals surface area contributed by atoms with Crippen LogP contribution in [0.5, 0.6) is 11.5 Å². The van der Waals surface area contributed by atoms with Crippen LogP contribution in [-0.2, 0) is 26.2 Å². The van der Waals surface area contributed by atoms with Gasteiger partial charge in [0.15, 0.2) is 23.1 Å². The van der Waals surface area contributed by atoms with Gasteiger partial charge in [-0.1, -0.05) is 29.1 Å². The Morgan fingerprint density at radius 3 is 1.63 bits per heavy atom. The topological polar surface area (TPSA) is 83.3 Å². The van der Waals surface area contributed by atoms with Crippen molar-refractivity contribution >= 4 is 23.2 Å². The first-order valence-corrected chi connectivity index (χ1v) is 14.0. The summed E-state index contributed by atoms with van der Waals surface area (Å²) < 4.78 is 66.1. The quantitative estimate of drug-likeness (QED) is 0.226. The predicted octanol–water partition coefficient (Wildman–Crippen LogP) is 5.80. The highest BCUT2D eigenvalue weighted by atomic mass is 35.5. The number of fused-ring (bicyclic) bond motifs is 2. The largest absolute Gasteiger partial charge is 0.505 e. The molecule has 8 nitrogen and oxygen atoms in total. The molecule has 0 fully saturated rings. The van der Waals surface area contributed by atoms with Crippen molar-refractivity contribution in [2.24, 2.45) is 0 Å². The van der Waals surface area contributed by atoms with E-state index in [1.54, 1.807) is 9.36 Å². The zero-order valence-corrected chi connectivity index (χ0v) is 24.0. The number of phenols is 1. The second-order valence-corrected chi connectivity index (χ2v) is 10.6. The van der Waals surface area contributed by atoms with Crippen LogP contribution in [0.3, 0.4) is 0 Å². The van der Waals surface area contributed by atoms with Gasteiger partial charge in [-0.15, -0.1) is 6.42 Å². The van der Waals surface area contributed by atoms with E-state index in [9.17, 15) is 32.3 Å². The van der Waals surface area contributed by atoms with Gasteiger partial charge in [0, 0.05) is 49.4 Å². The molecule has 0 saturated carbocycles. The molecule has 0 aliphatic carbocycles. The lowest BCUT2D eigenvalue weighted by atomic mass is 10.1. The first kappa shape index (κ1) is 30.4. The van der Waals surface area contributed by atoms with E-state index in [4.69, 9.17) is 34.4 Å². The number of halogens is 6. The normalized spacial score (nSPS) is 13.9. The molecular formula is C29H24Cl2F4N4O4. The number of nitrogens with zero attached hydrogens (tertiary/aromatic N) is 4. The summed E-state index contributed by atoms with van der Waals surface area (Å²) in [6.45, 7) is 2.01. The lowest BCUT2D eigenvalue weighted by Gasteiger charge is -2.17. The second-order valence-electron chi connectivity index (χ2n) is 9.89. The molecule has 2 aliphatic heterocycles. The van der Waals surface area contributed by atoms with Crippen LogP contribution < -0.4 is 15.9 Å². The van der Waals surface area contributed by atoms with Gasteiger partial charge in [-0.2, -0.15) is 0 Å². The van der Waals surface area contributed by atoms with Gasteiger partial charge >= 0.3 is 0 Å². The second kappa shape index (κ2) is 12.3. The fourth-order valence-electron chi connectivity index (χ4n) is 5.19. The van der Waals surface area contributed by atoms with Crippen LogP contribution in [-0.4, -0.2) is 30.4 Å². The summed E-state index contributed by atoms with van der Waals surface area (Å²) in [7, 11) is 0. The maximum atomic E-state index is 14.2. The smallest absolute Gasteiger partial charge is 0.276 e. The Bertz CT molecular complexity index is 1890. The molecule has 0 atom stereocenters. The van der Waals surface area contributed by atoms with Crippen LogP contribution in [0.2, 0.25) is 10.3 Å². The van der Waals surface area contributed by atoms with Gasteiger partial charge in [0.25, 0.3) is 11.1 Å². The van der Waals surface area contributed by atoms with E-state index in [1.165, 1.54) is 9.36 Å². The molecule has 2 aliphatic rings. The van der Waals surface area contributed by atoms with Crippen LogP contribution in [0, 0.1) is 35.6 Å². The number of rotatable bonds is 4. The van der Waals surface area contributed by atoms with E-state index in [1.807, 2.05) is 0 Å². The van der Waals surface area contributed by atoms with Gasteiger partial charge in [-0.3, -0.25) is 19.0 Å². The van der Waals surface area contributed by atoms with Crippen molar-refractivity contribution in [3.05, 3.63) is 78.5 Å². The first-order chi connectivity index (χ1) is 20.5. The molecule has 43 heavy (non-hydrogen) atoms. The van der Waals surface area contributed by atoms with Crippen molar-refractivity contribution < 1.29 is 27.4 Å². The number of phenolic OH excluding ortho intramolecular Hbond substituents is 1. The highest BCUT2D eigenvalue weighted by molar-refractivity contribution is 6.32. The van der Waals surface area contributed by atoms with Gasteiger partial charge in [0.1, 0.15) is 28.5 Å². The van der Waals surface area contributed by atoms with Gasteiger partial charge in [-0.05, 0) is 37.8 Å². The summed E-state index contributed by atoms with van der Waals surface area (Å²) in [6, 6.07) is 3.22. The third-order valence-electron chi connectivity index (χ3n) is 7.23. The predicted molar refractivity (Wildman–Crippen MR) is 153 cm³/mol. The third-order valence-corrected chi connectivity index (χ3v) is 8.00. The lowest BCUT2D eigenvalue weighted by molar-refractivity contribution is 0.347. The minimum absolute atomic E-state index is 0.0108. The Hall–Kier alpha value is -4.08. The molecule has 1 N–H and O–H groups in total. The number of aromatic hydroxyl groups is 1. The van der Waals surface area contributed by atoms with E-state index in [0.717, 1.165) is 37.8 Å². The Kier molecular flexibility index (Phi) is 8.66. The standard InChI is InChI=1S/C16H13ClF2N2O2.C13H11ClF2N2O2/c1-2-7-23-13-8-10(11(18)9-12(13)19)14-15(17)20-5-3-4-6-21(20)16(14)22;14-12-11(7-5-10(19)9(16)6-8(7)15)13(20)18-4-2-1-3-17(12)18/h1,8-9H,3-7H2;5-6,19H,1-4H2. The van der Waals surface area contributed by atoms with Crippen LogP contribution >= 0.6 is 23.2 Å². The number of benzene rings is 2. The maximum Gasteiger partial charge on any atom is 0.276 e. The van der Waals surface area contributed by atoms with E-state index < -0.39 is 40.1 Å². The first-order valence-electron chi connectivity index (χ1n) is 13.3. The molecule has 226 valence electrons. The van der Waals surface area contributed by atoms with Crippen molar-refractivity contribution in [2.75, 3.05) is 6.61 Å². The van der Waals surface area contributed by atoms with E-state index >= 15 is 0 Å². The molecule has 2 aromatic carbocycles. The number of terminal acetylenes is 1. The molecule has 0 amide bonds. The summed E-state index contributed by atoms with van der Waals surface area (Å²) in [4.78, 5) is 24.8. The van der Waals surface area contributed by atoms with Gasteiger partial charge in [0.2, 0.25) is 0 Å². The number of ether oxygens (including phenoxy) is 1. The van der Waals surface area contributed by atoms with Crippen molar-refractivity contribution in [3.63, 3.8) is 0 Å². The van der Waals surface area contributed by atoms with Crippen LogP contribution in [0.1, 0.15) is 25.7 Å². The van der Waals surface area contributed by atoms with E-state index in [2.05, 4.69) is 5.92 Å². The SMILES string of the molecule is C#CCOc1cc(-c2c(Cl)n3n(c2=O)CCCC3)c(F)cc1F.O=c1c(-c2cc(O)c(F)cc2F)c(Cl)n2n1CCCC2. The van der Waals surface area contributed by atoms with Crippen molar-refractivity contribution in [1.29, 1.82) is 0 Å². The minimum atomic E-state index is -1.08. The molecule has 0 radical (unpaired) electrons. The highest BCUT2D eigenvalue weighted by Gasteiger charge is 2.26. The Labute approximate surface area is 252 Å². The average Bonchev–Trinajstić information content (AvgIpc) is 3.39. The Morgan fingerprint density at radius 2 is 1.16 bits per heavy atom. The molecule has 2 aromatic heterocycles. The fraction of sp³-hybridized carbons (Fsp3) is 0.310. The maximum absolute atomic E-state index is 14.2. The van der Waals surface area contributed by atoms with Crippen molar-refractivity contribution in [2.45, 2.75) is 51.9 Å². The van der Waals surface area contributed by atoms with Gasteiger partial charge in [-0.25, -0.2) is 26.9 Å². The van der Waals surface area contributed by atoms with Crippen LogP contribution in [0.25, 0.3) is 22.3 Å². The Balaban J connectivity index is 0.000000173. The number of hydrogen-bond donors (Lipinski definition) is 1. The highest BCUT2D eigenvalue weighted by Crippen LogP contribution is 2.34. The summed E-state index contributed by atoms with van der Waals surface area (Å²) >= 11 is 12.4. The number of hydrogen-bond acceptors (Lipinski definition) is 4. The molecule has 0 bridgehead atoms. The summed E-state index contributed by atoms with van der Waals surface area (Å²) in [5.74, 6) is -2.50. The minimum Gasteiger partial charge on any atom is -0.505 e. The molecule has 0 saturated heterocycles. The molecule has 4 aromatic rings. The fourth-order valence-corrected chi connectivity index (χ4v) is 5.90. The van der Waals surface area contributed by atoms with Crippen LogP contribution in [0.15, 0.2) is 33.9 Å². The third kappa shape index (κ3) is 5.55. The Morgan fingerprint density at radius 1 is 0.721 bits per heavy atom. The number of aromatic nitrogens is 4. The molecule has 0 unspecified atom stereocenters. The lowest BCUT2D eigenvalue weighted by Crippen LogP contribution is -2.27. The molecular weight excluding hydrogens is 615 g/mol. The summed E-state index contributed by atoms with van der Waals surface area (Å²) in [5.41, 5.74) is -1.14. The molecule has 4 heterocycles. The summed E-state index contributed by atoms with van der Waals surface area (Å²) in [5, 5.41) is 9.62. The molecule has 6 rings (SSSR count). The van der Waals surface area contributed by atoms with Gasteiger partial charge in [0.05, 0.1) is 11.1 Å². The monoisotopic (exact) mass is 638 g/mol. The molecule has 0 spiro atoms. The zero-order valence-electron chi connectivity index (χ0n) is 22.5. The van der Waals surface area contributed by atoms with Crippen LogP contribution in [0.4, 0.5) is 17.6 Å². The van der Waals surface area contributed by atoms with Gasteiger partial charge < -0.3 is 9.84 Å². The van der Waals surface area contributed by atoms with E-state index in [0.29, 0.717) is 38.3 Å². The molecule has 14 heteroatoms. The van der Waals surface area contributed by atoms with Crippen molar-refractivity contribution in [1.82, 2.24) is 18.7 Å². The average molecular weight is 639 g/mol.